The first-order valence-corrected chi connectivity index (χ1v) is 7.62. The number of thiophene rings is 1. The number of benzene rings is 1. The Balaban J connectivity index is 2.41. The molecule has 0 aliphatic heterocycles. The number of rotatable bonds is 2. The van der Waals surface area contributed by atoms with E-state index in [1.165, 1.54) is 26.0 Å². The lowest BCUT2D eigenvalue weighted by atomic mass is 10.0. The van der Waals surface area contributed by atoms with Crippen molar-refractivity contribution in [3.05, 3.63) is 55.7 Å². The predicted octanol–water partition coefficient (Wildman–Crippen LogP) is 5.61. The maximum atomic E-state index is 3.78. The van der Waals surface area contributed by atoms with Crippen molar-refractivity contribution < 1.29 is 0 Å². The molecular formula is C13H12Br2S. The first-order valence-electron chi connectivity index (χ1n) is 5.03. The van der Waals surface area contributed by atoms with Gasteiger partial charge in [0.1, 0.15) is 0 Å². The minimum atomic E-state index is 0.280. The summed E-state index contributed by atoms with van der Waals surface area (Å²) < 4.78 is 1.18. The summed E-state index contributed by atoms with van der Waals surface area (Å²) >= 11 is 9.14. The summed E-state index contributed by atoms with van der Waals surface area (Å²) in [7, 11) is 0. The number of alkyl halides is 1. The lowest BCUT2D eigenvalue weighted by Gasteiger charge is -2.13. The van der Waals surface area contributed by atoms with Crippen LogP contribution in [0.3, 0.4) is 0 Å². The molecular weight excluding hydrogens is 348 g/mol. The summed E-state index contributed by atoms with van der Waals surface area (Å²) in [5.41, 5.74) is 3.99. The Morgan fingerprint density at radius 3 is 2.50 bits per heavy atom. The summed E-state index contributed by atoms with van der Waals surface area (Å²) in [6.07, 6.45) is 0. The number of aryl methyl sites for hydroxylation is 2. The van der Waals surface area contributed by atoms with Crippen molar-refractivity contribution in [2.75, 3.05) is 0 Å². The van der Waals surface area contributed by atoms with E-state index in [-0.39, 0.29) is 4.83 Å². The van der Waals surface area contributed by atoms with E-state index in [1.54, 1.807) is 11.3 Å². The minimum absolute atomic E-state index is 0.280. The van der Waals surface area contributed by atoms with Gasteiger partial charge in [0.25, 0.3) is 0 Å². The minimum Gasteiger partial charge on any atom is -0.146 e. The second kappa shape index (κ2) is 5.03. The Bertz CT molecular complexity index is 502. The Labute approximate surface area is 117 Å². The molecule has 0 spiro atoms. The van der Waals surface area contributed by atoms with Crippen LogP contribution in [0, 0.1) is 13.8 Å². The average Bonchev–Trinajstić information content (AvgIpc) is 2.63. The Hall–Kier alpha value is -0.120. The van der Waals surface area contributed by atoms with E-state index in [4.69, 9.17) is 0 Å². The molecule has 1 heterocycles. The molecule has 1 unspecified atom stereocenters. The molecule has 1 atom stereocenters. The molecule has 84 valence electrons. The van der Waals surface area contributed by atoms with Gasteiger partial charge in [0, 0.05) is 9.35 Å². The van der Waals surface area contributed by atoms with Crippen molar-refractivity contribution in [3.8, 4) is 0 Å². The van der Waals surface area contributed by atoms with Crippen molar-refractivity contribution in [2.45, 2.75) is 18.7 Å². The highest BCUT2D eigenvalue weighted by Crippen LogP contribution is 2.40. The van der Waals surface area contributed by atoms with Gasteiger partial charge in [0.2, 0.25) is 0 Å². The van der Waals surface area contributed by atoms with Crippen LogP contribution in [0.5, 0.6) is 0 Å². The first kappa shape index (κ1) is 12.3. The topological polar surface area (TPSA) is 0 Å². The van der Waals surface area contributed by atoms with Crippen LogP contribution in [-0.2, 0) is 0 Å². The first-order chi connectivity index (χ1) is 7.59. The van der Waals surface area contributed by atoms with Crippen LogP contribution in [0.1, 0.15) is 26.4 Å². The van der Waals surface area contributed by atoms with Crippen molar-refractivity contribution >= 4 is 43.2 Å². The quantitative estimate of drug-likeness (QED) is 0.611. The molecule has 0 fully saturated rings. The van der Waals surface area contributed by atoms with Crippen molar-refractivity contribution in [3.63, 3.8) is 0 Å². The highest BCUT2D eigenvalue weighted by molar-refractivity contribution is 9.11. The Morgan fingerprint density at radius 2 is 1.94 bits per heavy atom. The van der Waals surface area contributed by atoms with E-state index >= 15 is 0 Å². The molecule has 0 bridgehead atoms. The molecule has 0 nitrogen and oxygen atoms in total. The van der Waals surface area contributed by atoms with Gasteiger partial charge in [-0.25, -0.2) is 0 Å². The smallest absolute Gasteiger partial charge is 0.0751 e. The highest BCUT2D eigenvalue weighted by atomic mass is 79.9. The van der Waals surface area contributed by atoms with Crippen LogP contribution in [0.25, 0.3) is 0 Å². The van der Waals surface area contributed by atoms with Crippen LogP contribution >= 0.6 is 43.2 Å². The molecule has 0 saturated carbocycles. The van der Waals surface area contributed by atoms with E-state index in [0.29, 0.717) is 0 Å². The SMILES string of the molecule is Cc1ccc(C(Br)c2sccc2Br)c(C)c1. The summed E-state index contributed by atoms with van der Waals surface area (Å²) in [5.74, 6) is 0. The molecule has 3 heteroatoms. The average molecular weight is 360 g/mol. The van der Waals surface area contributed by atoms with Gasteiger partial charge in [-0.3, -0.25) is 0 Å². The molecule has 0 radical (unpaired) electrons. The van der Waals surface area contributed by atoms with Crippen molar-refractivity contribution in [2.24, 2.45) is 0 Å². The Kier molecular flexibility index (Phi) is 3.88. The molecule has 2 aromatic rings. The predicted molar refractivity (Wildman–Crippen MR) is 78.7 cm³/mol. The van der Waals surface area contributed by atoms with Gasteiger partial charge >= 0.3 is 0 Å². The van der Waals surface area contributed by atoms with Crippen LogP contribution in [-0.4, -0.2) is 0 Å². The third kappa shape index (κ3) is 2.41. The summed E-state index contributed by atoms with van der Waals surface area (Å²) in [5, 5.41) is 2.11. The fourth-order valence-electron chi connectivity index (χ4n) is 1.74. The molecule has 0 saturated heterocycles. The lowest BCUT2D eigenvalue weighted by molar-refractivity contribution is 1.16. The lowest BCUT2D eigenvalue weighted by Crippen LogP contribution is -1.94. The molecule has 0 N–H and O–H groups in total. The van der Waals surface area contributed by atoms with E-state index in [2.05, 4.69) is 75.4 Å². The number of hydrogen-bond donors (Lipinski definition) is 0. The zero-order chi connectivity index (χ0) is 11.7. The van der Waals surface area contributed by atoms with Gasteiger partial charge in [-0.05, 0) is 52.4 Å². The normalized spacial score (nSPS) is 12.8. The van der Waals surface area contributed by atoms with Crippen molar-refractivity contribution in [1.29, 1.82) is 0 Å². The fourth-order valence-corrected chi connectivity index (χ4v) is 4.72. The van der Waals surface area contributed by atoms with Crippen LogP contribution in [0.2, 0.25) is 0 Å². The summed E-state index contributed by atoms with van der Waals surface area (Å²) in [6.45, 7) is 4.29. The standard InChI is InChI=1S/C13H12Br2S/c1-8-3-4-10(9(2)7-8)12(15)13-11(14)5-6-16-13/h3-7,12H,1-2H3. The fraction of sp³-hybridized carbons (Fsp3) is 0.231. The number of halogens is 2. The molecule has 0 aliphatic rings. The maximum Gasteiger partial charge on any atom is 0.0751 e. The largest absolute Gasteiger partial charge is 0.146 e. The van der Waals surface area contributed by atoms with Gasteiger partial charge in [0.15, 0.2) is 0 Å². The summed E-state index contributed by atoms with van der Waals surface area (Å²) in [6, 6.07) is 8.69. The van der Waals surface area contributed by atoms with Gasteiger partial charge in [0.05, 0.1) is 4.83 Å². The highest BCUT2D eigenvalue weighted by Gasteiger charge is 2.16. The second-order valence-electron chi connectivity index (χ2n) is 3.86. The molecule has 1 aromatic heterocycles. The van der Waals surface area contributed by atoms with E-state index in [9.17, 15) is 0 Å². The molecule has 1 aromatic carbocycles. The second-order valence-corrected chi connectivity index (χ2v) is 6.57. The van der Waals surface area contributed by atoms with E-state index in [0.717, 1.165) is 0 Å². The van der Waals surface area contributed by atoms with Crippen molar-refractivity contribution in [1.82, 2.24) is 0 Å². The third-order valence-corrected chi connectivity index (χ3v) is 5.76. The molecule has 0 aliphatic carbocycles. The van der Waals surface area contributed by atoms with Crippen LogP contribution in [0.4, 0.5) is 0 Å². The zero-order valence-corrected chi connectivity index (χ0v) is 13.1. The summed E-state index contributed by atoms with van der Waals surface area (Å²) in [4.78, 5) is 1.61. The van der Waals surface area contributed by atoms with Gasteiger partial charge in [-0.1, -0.05) is 39.7 Å². The van der Waals surface area contributed by atoms with Crippen LogP contribution < -0.4 is 0 Å². The monoisotopic (exact) mass is 358 g/mol. The van der Waals surface area contributed by atoms with E-state index in [1.807, 2.05) is 0 Å². The molecule has 0 amide bonds. The third-order valence-electron chi connectivity index (χ3n) is 2.57. The van der Waals surface area contributed by atoms with Gasteiger partial charge < -0.3 is 0 Å². The zero-order valence-electron chi connectivity index (χ0n) is 9.13. The molecule has 2 rings (SSSR count). The van der Waals surface area contributed by atoms with Gasteiger partial charge in [-0.15, -0.1) is 11.3 Å². The van der Waals surface area contributed by atoms with E-state index < -0.39 is 0 Å². The maximum absolute atomic E-state index is 3.78. The van der Waals surface area contributed by atoms with Crippen LogP contribution in [0.15, 0.2) is 34.1 Å². The Morgan fingerprint density at radius 1 is 1.19 bits per heavy atom. The molecule has 16 heavy (non-hydrogen) atoms. The number of hydrogen-bond acceptors (Lipinski definition) is 1. The van der Waals surface area contributed by atoms with Gasteiger partial charge in [-0.2, -0.15) is 0 Å².